The third-order valence-corrected chi connectivity index (χ3v) is 5.72. The zero-order chi connectivity index (χ0) is 14.8. The highest BCUT2D eigenvalue weighted by Gasteiger charge is 2.32. The molecule has 4 heteroatoms. The van der Waals surface area contributed by atoms with Crippen LogP contribution < -0.4 is 4.74 Å². The number of fused-ring (bicyclic) bond motifs is 1. The molecule has 116 valence electrons. The van der Waals surface area contributed by atoms with Crippen molar-refractivity contribution in [3.8, 4) is 5.75 Å². The fraction of sp³-hybridized carbons (Fsp3) is 0.647. The average Bonchev–Trinajstić information content (AvgIpc) is 2.50. The van der Waals surface area contributed by atoms with Crippen molar-refractivity contribution in [2.75, 3.05) is 26.7 Å². The van der Waals surface area contributed by atoms with Crippen LogP contribution in [-0.2, 0) is 6.54 Å². The highest BCUT2D eigenvalue weighted by molar-refractivity contribution is 9.10. The van der Waals surface area contributed by atoms with E-state index in [1.54, 1.807) is 7.11 Å². The number of hydrogen-bond acceptors (Lipinski definition) is 3. The van der Waals surface area contributed by atoms with Crippen LogP contribution in [0.2, 0.25) is 0 Å². The van der Waals surface area contributed by atoms with Gasteiger partial charge in [0.15, 0.2) is 0 Å². The molecule has 1 aromatic rings. The van der Waals surface area contributed by atoms with Crippen molar-refractivity contribution in [2.24, 2.45) is 0 Å². The third-order valence-electron chi connectivity index (χ3n) is 4.94. The molecule has 0 radical (unpaired) electrons. The van der Waals surface area contributed by atoms with Gasteiger partial charge in [-0.15, -0.1) is 0 Å². The van der Waals surface area contributed by atoms with E-state index < -0.39 is 0 Å². The number of halogens is 1. The number of nitrogens with zero attached hydrogens (tertiary/aromatic N) is 2. The standard InChI is InChI=1S/C17H25BrN2O/c1-13-10-19-8-4-3-5-15(19)12-20(13)11-14-9-16(21-2)6-7-17(14)18/h6-7,9,13,15H,3-5,8,10-12H2,1-2H3. The summed E-state index contributed by atoms with van der Waals surface area (Å²) in [5, 5.41) is 0. The second-order valence-corrected chi connectivity index (χ2v) is 7.23. The summed E-state index contributed by atoms with van der Waals surface area (Å²) < 4.78 is 6.55. The van der Waals surface area contributed by atoms with E-state index in [0.29, 0.717) is 6.04 Å². The number of methoxy groups -OCH3 is 1. The number of piperazine rings is 1. The Balaban J connectivity index is 1.72. The summed E-state index contributed by atoms with van der Waals surface area (Å²) in [6.45, 7) is 7.07. The van der Waals surface area contributed by atoms with E-state index in [0.717, 1.165) is 18.3 Å². The average molecular weight is 353 g/mol. The summed E-state index contributed by atoms with van der Waals surface area (Å²) in [7, 11) is 1.73. The number of piperidine rings is 1. The summed E-state index contributed by atoms with van der Waals surface area (Å²) in [6.07, 6.45) is 4.14. The first kappa shape index (κ1) is 15.3. The van der Waals surface area contributed by atoms with Gasteiger partial charge < -0.3 is 4.74 Å². The first-order valence-corrected chi connectivity index (χ1v) is 8.77. The Morgan fingerprint density at radius 2 is 2.14 bits per heavy atom. The number of rotatable bonds is 3. The molecule has 2 fully saturated rings. The monoisotopic (exact) mass is 352 g/mol. The van der Waals surface area contributed by atoms with Crippen LogP contribution in [0.25, 0.3) is 0 Å². The highest BCUT2D eigenvalue weighted by atomic mass is 79.9. The number of benzene rings is 1. The van der Waals surface area contributed by atoms with E-state index in [-0.39, 0.29) is 0 Å². The smallest absolute Gasteiger partial charge is 0.119 e. The molecule has 2 saturated heterocycles. The van der Waals surface area contributed by atoms with E-state index >= 15 is 0 Å². The van der Waals surface area contributed by atoms with Crippen molar-refractivity contribution in [2.45, 2.75) is 44.8 Å². The minimum atomic E-state index is 0.623. The van der Waals surface area contributed by atoms with E-state index in [9.17, 15) is 0 Å². The number of ether oxygens (including phenoxy) is 1. The quantitative estimate of drug-likeness (QED) is 0.827. The summed E-state index contributed by atoms with van der Waals surface area (Å²) >= 11 is 3.68. The fourth-order valence-electron chi connectivity index (χ4n) is 3.65. The van der Waals surface area contributed by atoms with Gasteiger partial charge in [0.2, 0.25) is 0 Å². The third kappa shape index (κ3) is 3.43. The lowest BCUT2D eigenvalue weighted by atomic mass is 9.96. The molecule has 0 saturated carbocycles. The molecule has 0 N–H and O–H groups in total. The Morgan fingerprint density at radius 3 is 2.95 bits per heavy atom. The molecule has 2 heterocycles. The molecule has 3 rings (SSSR count). The molecule has 0 amide bonds. The first-order valence-electron chi connectivity index (χ1n) is 7.98. The van der Waals surface area contributed by atoms with Crippen LogP contribution in [-0.4, -0.2) is 48.6 Å². The van der Waals surface area contributed by atoms with Crippen LogP contribution in [0.1, 0.15) is 31.7 Å². The molecule has 2 aliphatic rings. The maximum atomic E-state index is 5.36. The summed E-state index contributed by atoms with van der Waals surface area (Å²) in [5.41, 5.74) is 1.32. The largest absolute Gasteiger partial charge is 0.497 e. The zero-order valence-electron chi connectivity index (χ0n) is 13.0. The molecule has 2 atom stereocenters. The predicted octanol–water partition coefficient (Wildman–Crippen LogP) is 3.52. The molecule has 2 aliphatic heterocycles. The van der Waals surface area contributed by atoms with Gasteiger partial charge in [0.1, 0.15) is 5.75 Å². The first-order chi connectivity index (χ1) is 10.2. The van der Waals surface area contributed by atoms with Crippen molar-refractivity contribution in [3.05, 3.63) is 28.2 Å². The molecule has 2 unspecified atom stereocenters. The van der Waals surface area contributed by atoms with E-state index in [4.69, 9.17) is 4.74 Å². The minimum absolute atomic E-state index is 0.623. The topological polar surface area (TPSA) is 15.7 Å². The van der Waals surface area contributed by atoms with Crippen LogP contribution in [0, 0.1) is 0 Å². The van der Waals surface area contributed by atoms with Crippen LogP contribution in [0.15, 0.2) is 22.7 Å². The van der Waals surface area contributed by atoms with Crippen LogP contribution in [0.3, 0.4) is 0 Å². The van der Waals surface area contributed by atoms with Crippen LogP contribution in [0.4, 0.5) is 0 Å². The van der Waals surface area contributed by atoms with Gasteiger partial charge >= 0.3 is 0 Å². The molecule has 0 spiro atoms. The molecule has 0 bridgehead atoms. The molecule has 0 aromatic heterocycles. The maximum Gasteiger partial charge on any atom is 0.119 e. The van der Waals surface area contributed by atoms with Gasteiger partial charge in [-0.1, -0.05) is 22.4 Å². The predicted molar refractivity (Wildman–Crippen MR) is 89.8 cm³/mol. The Hall–Kier alpha value is -0.580. The van der Waals surface area contributed by atoms with Crippen molar-refractivity contribution in [1.82, 2.24) is 9.80 Å². The maximum absolute atomic E-state index is 5.36. The second-order valence-electron chi connectivity index (χ2n) is 6.38. The van der Waals surface area contributed by atoms with Crippen LogP contribution in [0.5, 0.6) is 5.75 Å². The van der Waals surface area contributed by atoms with Gasteiger partial charge in [-0.2, -0.15) is 0 Å². The second kappa shape index (κ2) is 6.67. The van der Waals surface area contributed by atoms with Gasteiger partial charge in [0.25, 0.3) is 0 Å². The minimum Gasteiger partial charge on any atom is -0.497 e. The highest BCUT2D eigenvalue weighted by Crippen LogP contribution is 2.28. The Labute approximate surface area is 136 Å². The van der Waals surface area contributed by atoms with E-state index in [1.807, 2.05) is 6.07 Å². The van der Waals surface area contributed by atoms with Gasteiger partial charge in [-0.3, -0.25) is 9.80 Å². The normalized spacial score (nSPS) is 27.4. The SMILES string of the molecule is COc1ccc(Br)c(CN2CC3CCCCN3CC2C)c1. The van der Waals surface area contributed by atoms with Gasteiger partial charge in [-0.05, 0) is 50.1 Å². The lowest BCUT2D eigenvalue weighted by Crippen LogP contribution is -2.58. The van der Waals surface area contributed by atoms with Crippen molar-refractivity contribution >= 4 is 15.9 Å². The molecule has 21 heavy (non-hydrogen) atoms. The van der Waals surface area contributed by atoms with Crippen LogP contribution >= 0.6 is 15.9 Å². The number of hydrogen-bond donors (Lipinski definition) is 0. The zero-order valence-corrected chi connectivity index (χ0v) is 14.6. The lowest BCUT2D eigenvalue weighted by molar-refractivity contribution is 0.0110. The summed E-state index contributed by atoms with van der Waals surface area (Å²) in [4.78, 5) is 5.33. The van der Waals surface area contributed by atoms with Crippen molar-refractivity contribution < 1.29 is 4.74 Å². The molecule has 1 aromatic carbocycles. The van der Waals surface area contributed by atoms with Crippen molar-refractivity contribution in [3.63, 3.8) is 0 Å². The Morgan fingerprint density at radius 1 is 1.29 bits per heavy atom. The van der Waals surface area contributed by atoms with Gasteiger partial charge in [-0.25, -0.2) is 0 Å². The Bertz CT molecular complexity index is 494. The Kier molecular flexibility index (Phi) is 4.87. The molecular weight excluding hydrogens is 328 g/mol. The van der Waals surface area contributed by atoms with E-state index in [2.05, 4.69) is 44.8 Å². The summed E-state index contributed by atoms with van der Waals surface area (Å²) in [5.74, 6) is 0.942. The van der Waals surface area contributed by atoms with E-state index in [1.165, 1.54) is 48.9 Å². The molecular formula is C17H25BrN2O. The van der Waals surface area contributed by atoms with Gasteiger partial charge in [0.05, 0.1) is 7.11 Å². The molecule has 3 nitrogen and oxygen atoms in total. The molecule has 0 aliphatic carbocycles. The summed E-state index contributed by atoms with van der Waals surface area (Å²) in [6, 6.07) is 7.65. The van der Waals surface area contributed by atoms with Gasteiger partial charge in [0, 0.05) is 36.2 Å². The lowest BCUT2D eigenvalue weighted by Gasteiger charge is -2.47. The van der Waals surface area contributed by atoms with Crippen molar-refractivity contribution in [1.29, 1.82) is 0 Å². The fourth-order valence-corrected chi connectivity index (χ4v) is 4.02.